The average Bonchev–Trinajstić information content (AvgIpc) is 3.50. The lowest BCUT2D eigenvalue weighted by molar-refractivity contribution is -0.123. The third-order valence-electron chi connectivity index (χ3n) is 7.78. The van der Waals surface area contributed by atoms with Crippen LogP contribution in [-0.4, -0.2) is 50.4 Å². The smallest absolute Gasteiger partial charge is 0.322 e. The zero-order valence-electron chi connectivity index (χ0n) is 23.9. The maximum absolute atomic E-state index is 13.3. The zero-order chi connectivity index (χ0) is 30.9. The van der Waals surface area contributed by atoms with Gasteiger partial charge >= 0.3 is 6.03 Å². The minimum Gasteiger partial charge on any atom is -0.496 e. The molecule has 43 heavy (non-hydrogen) atoms. The predicted octanol–water partition coefficient (Wildman–Crippen LogP) is 4.58. The second-order valence-corrected chi connectivity index (χ2v) is 10.5. The van der Waals surface area contributed by atoms with Gasteiger partial charge < -0.3 is 24.3 Å². The van der Waals surface area contributed by atoms with Crippen molar-refractivity contribution in [3.8, 4) is 17.2 Å². The first kappa shape index (κ1) is 29.7. The van der Waals surface area contributed by atoms with Crippen molar-refractivity contribution in [3.63, 3.8) is 0 Å². The summed E-state index contributed by atoms with van der Waals surface area (Å²) in [4.78, 5) is 49.0. The number of Topliss-reactive ketones (excluding diaryl/α,β-unsaturated/α-hetero) is 1. The second kappa shape index (κ2) is 11.4. The largest absolute Gasteiger partial charge is 0.496 e. The van der Waals surface area contributed by atoms with Crippen LogP contribution in [0.5, 0.6) is 17.2 Å². The van der Waals surface area contributed by atoms with E-state index in [1.165, 1.54) is 33.5 Å². The van der Waals surface area contributed by atoms with Crippen molar-refractivity contribution in [1.82, 2.24) is 10.6 Å². The van der Waals surface area contributed by atoms with Gasteiger partial charge in [-0.2, -0.15) is 0 Å². The van der Waals surface area contributed by atoms with Crippen molar-refractivity contribution in [2.75, 3.05) is 21.3 Å². The molecule has 0 bridgehead atoms. The summed E-state index contributed by atoms with van der Waals surface area (Å²) < 4.78 is 21.9. The van der Waals surface area contributed by atoms with Crippen LogP contribution in [0.1, 0.15) is 34.8 Å². The minimum atomic E-state index is -1.42. The number of carbonyl (C=O) groups excluding carboxylic acids is 4. The first-order chi connectivity index (χ1) is 20.6. The number of urea groups is 1. The Kier molecular flexibility index (Phi) is 7.90. The molecule has 3 amide bonds. The maximum atomic E-state index is 13.3. The number of hydrogen-bond acceptors (Lipinski definition) is 8. The van der Waals surface area contributed by atoms with Crippen LogP contribution in [0.25, 0.3) is 0 Å². The minimum absolute atomic E-state index is 0.118. The van der Waals surface area contributed by atoms with Crippen LogP contribution < -0.4 is 24.8 Å². The lowest BCUT2D eigenvalue weighted by atomic mass is 9.75. The molecule has 2 heterocycles. The molecule has 0 saturated carbocycles. The fourth-order valence-electron chi connectivity index (χ4n) is 5.70. The monoisotopic (exact) mass is 604 g/mol. The van der Waals surface area contributed by atoms with Crippen LogP contribution >= 0.6 is 11.6 Å². The SMILES string of the molecule is COC1=CC(=O)C[C@@H](C)[C@]12Oc1c(Cl)c(OC)cc(OC)c1C2=O.O=C1NC(=O)C(c2ccccc2)(c2ccccc2)N1. The fourth-order valence-corrected chi connectivity index (χ4v) is 5.97. The predicted molar refractivity (Wildman–Crippen MR) is 156 cm³/mol. The lowest BCUT2D eigenvalue weighted by Gasteiger charge is -2.36. The number of ether oxygens (including phenoxy) is 4. The molecule has 3 aliphatic rings. The number of ketones is 2. The van der Waals surface area contributed by atoms with Crippen molar-refractivity contribution < 1.29 is 38.1 Å². The molecule has 10 nitrogen and oxygen atoms in total. The van der Waals surface area contributed by atoms with Gasteiger partial charge in [-0.15, -0.1) is 0 Å². The Morgan fingerprint density at radius 1 is 0.860 bits per heavy atom. The van der Waals surface area contributed by atoms with Crippen molar-refractivity contribution in [1.29, 1.82) is 0 Å². The summed E-state index contributed by atoms with van der Waals surface area (Å²) in [6, 6.07) is 19.5. The standard InChI is InChI=1S/C17H17ClO6.C15H12N2O2/c1-8-5-9(19)6-12(23-4)17(8)16(20)13-10(21-2)7-11(22-3)14(18)15(13)24-17;18-13-15(17-14(19)16-13,11-7-3-1-4-8-11)12-9-5-2-6-10-12/h6-8H,5H2,1-4H3;1-10H,(H2,16,17,18,19)/t8-,17+;/m1./s1. The number of nitrogens with one attached hydrogen (secondary N) is 2. The molecule has 1 aliphatic carbocycles. The van der Waals surface area contributed by atoms with Gasteiger partial charge in [-0.1, -0.05) is 79.2 Å². The lowest BCUT2D eigenvalue weighted by Crippen LogP contribution is -2.51. The van der Waals surface area contributed by atoms with Crippen LogP contribution in [0.15, 0.2) is 78.6 Å². The van der Waals surface area contributed by atoms with Gasteiger partial charge in [0.25, 0.3) is 5.91 Å². The van der Waals surface area contributed by atoms with E-state index in [1.54, 1.807) is 6.92 Å². The molecule has 11 heteroatoms. The summed E-state index contributed by atoms with van der Waals surface area (Å²) in [5.41, 5.74) is -0.852. The molecular formula is C32H29ClN2O8. The van der Waals surface area contributed by atoms with E-state index in [2.05, 4.69) is 10.6 Å². The highest BCUT2D eigenvalue weighted by molar-refractivity contribution is 6.35. The van der Waals surface area contributed by atoms with Crippen LogP contribution in [0.4, 0.5) is 4.79 Å². The zero-order valence-corrected chi connectivity index (χ0v) is 24.6. The molecule has 0 aromatic heterocycles. The Balaban J connectivity index is 0.000000176. The number of hydrogen-bond donors (Lipinski definition) is 2. The Hall–Kier alpha value is -4.83. The third kappa shape index (κ3) is 4.67. The Morgan fingerprint density at radius 3 is 1.93 bits per heavy atom. The van der Waals surface area contributed by atoms with E-state index >= 15 is 0 Å². The highest BCUT2D eigenvalue weighted by Crippen LogP contribution is 2.54. The number of allylic oxidation sites excluding steroid dienone is 1. The first-order valence-corrected chi connectivity index (χ1v) is 13.7. The molecule has 6 rings (SSSR count). The van der Waals surface area contributed by atoms with Gasteiger partial charge in [0.2, 0.25) is 11.4 Å². The van der Waals surface area contributed by atoms with E-state index in [4.69, 9.17) is 30.5 Å². The summed E-state index contributed by atoms with van der Waals surface area (Å²) in [5, 5.41) is 5.24. The van der Waals surface area contributed by atoms with E-state index in [1.807, 2.05) is 60.7 Å². The Bertz CT molecular complexity index is 1600. The third-order valence-corrected chi connectivity index (χ3v) is 8.14. The molecule has 2 N–H and O–H groups in total. The summed E-state index contributed by atoms with van der Waals surface area (Å²) in [7, 11) is 4.31. The fraction of sp³-hybridized carbons (Fsp3) is 0.250. The second-order valence-electron chi connectivity index (χ2n) is 10.1. The molecule has 0 unspecified atom stereocenters. The number of imide groups is 1. The quantitative estimate of drug-likeness (QED) is 0.405. The van der Waals surface area contributed by atoms with E-state index in [0.29, 0.717) is 11.5 Å². The van der Waals surface area contributed by atoms with Gasteiger partial charge in [0.15, 0.2) is 22.8 Å². The first-order valence-electron chi connectivity index (χ1n) is 13.4. The van der Waals surface area contributed by atoms with Crippen LogP contribution in [-0.2, 0) is 19.9 Å². The molecule has 1 spiro atoms. The highest BCUT2D eigenvalue weighted by Gasteiger charge is 2.60. The van der Waals surface area contributed by atoms with Gasteiger partial charge in [-0.3, -0.25) is 19.7 Å². The molecule has 1 fully saturated rings. The van der Waals surface area contributed by atoms with Crippen LogP contribution in [0.3, 0.4) is 0 Å². The number of amides is 3. The number of halogens is 1. The van der Waals surface area contributed by atoms with Crippen molar-refractivity contribution in [2.24, 2.45) is 5.92 Å². The average molecular weight is 605 g/mol. The number of fused-ring (bicyclic) bond motifs is 1. The van der Waals surface area contributed by atoms with Crippen molar-refractivity contribution >= 4 is 35.1 Å². The van der Waals surface area contributed by atoms with E-state index in [0.717, 1.165) is 11.1 Å². The van der Waals surface area contributed by atoms with Gasteiger partial charge in [-0.05, 0) is 11.1 Å². The number of carbonyl (C=O) groups is 4. The van der Waals surface area contributed by atoms with Gasteiger partial charge in [0, 0.05) is 24.5 Å². The van der Waals surface area contributed by atoms with E-state index in [-0.39, 0.29) is 46.0 Å². The van der Waals surface area contributed by atoms with E-state index in [9.17, 15) is 19.2 Å². The molecule has 1 saturated heterocycles. The van der Waals surface area contributed by atoms with Gasteiger partial charge in [0.1, 0.15) is 22.1 Å². The van der Waals surface area contributed by atoms with E-state index < -0.39 is 23.1 Å². The molecule has 3 aromatic carbocycles. The van der Waals surface area contributed by atoms with Gasteiger partial charge in [0.05, 0.1) is 21.3 Å². The van der Waals surface area contributed by atoms with Crippen molar-refractivity contribution in [2.45, 2.75) is 24.5 Å². The normalized spacial score (nSPS) is 21.5. The molecule has 3 aromatic rings. The number of benzene rings is 3. The molecular weight excluding hydrogens is 576 g/mol. The molecule has 0 radical (unpaired) electrons. The summed E-state index contributed by atoms with van der Waals surface area (Å²) in [6.45, 7) is 1.77. The Labute approximate surface area is 252 Å². The molecule has 2 aliphatic heterocycles. The highest BCUT2D eigenvalue weighted by atomic mass is 35.5. The molecule has 222 valence electrons. The van der Waals surface area contributed by atoms with Crippen LogP contribution in [0.2, 0.25) is 5.02 Å². The number of rotatable bonds is 5. The summed E-state index contributed by atoms with van der Waals surface area (Å²) in [6.07, 6.45) is 1.48. The Morgan fingerprint density at radius 2 is 1.44 bits per heavy atom. The molecule has 2 atom stereocenters. The summed E-state index contributed by atoms with van der Waals surface area (Å²) >= 11 is 6.33. The summed E-state index contributed by atoms with van der Waals surface area (Å²) in [5.74, 6) is -0.245. The number of methoxy groups -OCH3 is 3. The topological polar surface area (TPSA) is 129 Å². The van der Waals surface area contributed by atoms with Crippen molar-refractivity contribution in [3.05, 3.63) is 100 Å². The van der Waals surface area contributed by atoms with Crippen LogP contribution in [0, 0.1) is 5.92 Å². The maximum Gasteiger partial charge on any atom is 0.322 e. The van der Waals surface area contributed by atoms with Gasteiger partial charge in [-0.25, -0.2) is 4.79 Å².